The number of aromatic amines is 1. The Labute approximate surface area is 170 Å². The molecule has 0 aliphatic carbocycles. The predicted octanol–water partition coefficient (Wildman–Crippen LogP) is 4.79. The van der Waals surface area contributed by atoms with Crippen molar-refractivity contribution in [3.05, 3.63) is 77.3 Å². The van der Waals surface area contributed by atoms with E-state index in [2.05, 4.69) is 25.3 Å². The molecule has 140 valence electrons. The lowest BCUT2D eigenvalue weighted by Gasteiger charge is -2.17. The number of carbonyl (C=O) groups excluding carboxylic acids is 1. The third kappa shape index (κ3) is 3.85. The Morgan fingerprint density at radius 3 is 2.75 bits per heavy atom. The van der Waals surface area contributed by atoms with Gasteiger partial charge in [0.25, 0.3) is 0 Å². The van der Waals surface area contributed by atoms with Crippen LogP contribution in [0.4, 0.5) is 5.69 Å². The van der Waals surface area contributed by atoms with Crippen LogP contribution in [-0.2, 0) is 4.79 Å². The van der Waals surface area contributed by atoms with Crippen molar-refractivity contribution >= 4 is 46.1 Å². The number of nitrogens with zero attached hydrogens (tertiary/aromatic N) is 3. The molecule has 2 aromatic heterocycles. The van der Waals surface area contributed by atoms with Gasteiger partial charge in [0.15, 0.2) is 5.65 Å². The van der Waals surface area contributed by atoms with Crippen molar-refractivity contribution in [2.75, 3.05) is 5.32 Å². The highest BCUT2D eigenvalue weighted by atomic mass is 35.5. The van der Waals surface area contributed by atoms with Gasteiger partial charge in [-0.05, 0) is 36.2 Å². The minimum atomic E-state index is -0.501. The molecule has 0 aliphatic rings. The van der Waals surface area contributed by atoms with E-state index in [1.165, 1.54) is 18.1 Å². The summed E-state index contributed by atoms with van der Waals surface area (Å²) in [6.45, 7) is 1.90. The minimum absolute atomic E-state index is 0.149. The van der Waals surface area contributed by atoms with E-state index in [0.29, 0.717) is 26.9 Å². The zero-order chi connectivity index (χ0) is 19.5. The fourth-order valence-corrected chi connectivity index (χ4v) is 3.95. The van der Waals surface area contributed by atoms with Crippen LogP contribution in [0.25, 0.3) is 11.2 Å². The second-order valence-corrected chi connectivity index (χ2v) is 7.64. The number of hydrogen-bond acceptors (Lipinski definition) is 5. The summed E-state index contributed by atoms with van der Waals surface area (Å²) in [4.78, 5) is 28.8. The highest BCUT2D eigenvalue weighted by Crippen LogP contribution is 2.37. The molecule has 0 saturated carbocycles. The fourth-order valence-electron chi connectivity index (χ4n) is 2.77. The third-order valence-electron chi connectivity index (χ3n) is 4.18. The molecule has 8 heteroatoms. The lowest BCUT2D eigenvalue weighted by atomic mass is 10.1. The largest absolute Gasteiger partial charge is 0.341 e. The van der Waals surface area contributed by atoms with Crippen LogP contribution in [0.2, 0.25) is 5.02 Å². The maximum Gasteiger partial charge on any atom is 0.242 e. The standard InChI is InChI=1S/C20H16ClN5OS/c1-12-9-14(7-8-15(12)21)26-19(27)17(13-5-3-2-4-6-13)28-20-16-18(23-10-22-16)24-11-25-20/h2-11,17H,1H3,(H,26,27)(H,22,23,24,25). The van der Waals surface area contributed by atoms with Crippen molar-refractivity contribution in [2.45, 2.75) is 17.2 Å². The molecule has 4 aromatic rings. The van der Waals surface area contributed by atoms with E-state index >= 15 is 0 Å². The van der Waals surface area contributed by atoms with E-state index in [4.69, 9.17) is 11.6 Å². The topological polar surface area (TPSA) is 83.6 Å². The molecule has 0 spiro atoms. The van der Waals surface area contributed by atoms with Gasteiger partial charge in [0, 0.05) is 10.7 Å². The van der Waals surface area contributed by atoms with Crippen molar-refractivity contribution in [3.63, 3.8) is 0 Å². The molecular weight excluding hydrogens is 394 g/mol. The van der Waals surface area contributed by atoms with E-state index < -0.39 is 5.25 Å². The number of halogens is 1. The number of rotatable bonds is 5. The van der Waals surface area contributed by atoms with Crippen molar-refractivity contribution in [1.29, 1.82) is 0 Å². The van der Waals surface area contributed by atoms with Gasteiger partial charge in [0.2, 0.25) is 5.91 Å². The van der Waals surface area contributed by atoms with Crippen molar-refractivity contribution in [1.82, 2.24) is 19.9 Å². The van der Waals surface area contributed by atoms with Crippen LogP contribution in [0, 0.1) is 6.92 Å². The van der Waals surface area contributed by atoms with Crippen LogP contribution in [-0.4, -0.2) is 25.8 Å². The summed E-state index contributed by atoms with van der Waals surface area (Å²) in [6.07, 6.45) is 3.02. The maximum absolute atomic E-state index is 13.2. The number of benzene rings is 2. The molecule has 1 atom stereocenters. The molecule has 28 heavy (non-hydrogen) atoms. The molecule has 0 saturated heterocycles. The highest BCUT2D eigenvalue weighted by Gasteiger charge is 2.24. The van der Waals surface area contributed by atoms with Gasteiger partial charge in [-0.2, -0.15) is 0 Å². The summed E-state index contributed by atoms with van der Waals surface area (Å²) in [5.41, 5.74) is 3.75. The van der Waals surface area contributed by atoms with Gasteiger partial charge < -0.3 is 10.3 Å². The number of hydrogen-bond donors (Lipinski definition) is 2. The minimum Gasteiger partial charge on any atom is -0.341 e. The molecule has 2 aromatic carbocycles. The summed E-state index contributed by atoms with van der Waals surface area (Å²) in [5, 5.41) is 3.81. The van der Waals surface area contributed by atoms with E-state index in [-0.39, 0.29) is 5.91 Å². The number of fused-ring (bicyclic) bond motifs is 1. The summed E-state index contributed by atoms with van der Waals surface area (Å²) in [6, 6.07) is 15.0. The number of amides is 1. The number of nitrogens with one attached hydrogen (secondary N) is 2. The van der Waals surface area contributed by atoms with Crippen LogP contribution in [0.3, 0.4) is 0 Å². The second-order valence-electron chi connectivity index (χ2n) is 6.14. The van der Waals surface area contributed by atoms with Crippen molar-refractivity contribution in [2.24, 2.45) is 0 Å². The molecule has 2 heterocycles. The quantitative estimate of drug-likeness (QED) is 0.366. The summed E-state index contributed by atoms with van der Waals surface area (Å²) in [7, 11) is 0. The lowest BCUT2D eigenvalue weighted by molar-refractivity contribution is -0.115. The normalized spacial score (nSPS) is 12.1. The van der Waals surface area contributed by atoms with Crippen LogP contribution < -0.4 is 5.32 Å². The first kappa shape index (κ1) is 18.5. The monoisotopic (exact) mass is 409 g/mol. The Kier molecular flexibility index (Phi) is 5.27. The Morgan fingerprint density at radius 2 is 1.96 bits per heavy atom. The van der Waals surface area contributed by atoms with E-state index in [1.54, 1.807) is 18.5 Å². The third-order valence-corrected chi connectivity index (χ3v) is 5.86. The number of imidazole rings is 1. The van der Waals surface area contributed by atoms with Crippen LogP contribution in [0.5, 0.6) is 0 Å². The highest BCUT2D eigenvalue weighted by molar-refractivity contribution is 8.00. The zero-order valence-corrected chi connectivity index (χ0v) is 16.5. The van der Waals surface area contributed by atoms with Gasteiger partial charge in [0.1, 0.15) is 22.1 Å². The SMILES string of the molecule is Cc1cc(NC(=O)C(Sc2ncnc3nc[nH]c23)c2ccccc2)ccc1Cl. The first-order valence-electron chi connectivity index (χ1n) is 8.54. The van der Waals surface area contributed by atoms with Crippen LogP contribution >= 0.6 is 23.4 Å². The molecular formula is C20H16ClN5OS. The molecule has 0 fully saturated rings. The lowest BCUT2D eigenvalue weighted by Crippen LogP contribution is -2.19. The summed E-state index contributed by atoms with van der Waals surface area (Å²) < 4.78 is 0. The molecule has 2 N–H and O–H groups in total. The van der Waals surface area contributed by atoms with Gasteiger partial charge in [-0.15, -0.1) is 0 Å². The molecule has 4 rings (SSSR count). The second kappa shape index (κ2) is 8.00. The molecule has 6 nitrogen and oxygen atoms in total. The van der Waals surface area contributed by atoms with Gasteiger partial charge in [-0.25, -0.2) is 15.0 Å². The average Bonchev–Trinajstić information content (AvgIpc) is 3.19. The Hall–Kier alpha value is -2.90. The van der Waals surface area contributed by atoms with E-state index in [1.807, 2.05) is 43.3 Å². The smallest absolute Gasteiger partial charge is 0.242 e. The number of carbonyl (C=O) groups is 1. The zero-order valence-electron chi connectivity index (χ0n) is 14.9. The van der Waals surface area contributed by atoms with Crippen LogP contribution in [0.1, 0.15) is 16.4 Å². The fraction of sp³-hybridized carbons (Fsp3) is 0.100. The van der Waals surface area contributed by atoms with Crippen molar-refractivity contribution in [3.8, 4) is 0 Å². The van der Waals surface area contributed by atoms with Gasteiger partial charge in [-0.3, -0.25) is 4.79 Å². The number of H-pyrrole nitrogens is 1. The summed E-state index contributed by atoms with van der Waals surface area (Å²) >= 11 is 7.44. The van der Waals surface area contributed by atoms with Crippen LogP contribution in [0.15, 0.2) is 66.2 Å². The summed E-state index contributed by atoms with van der Waals surface area (Å²) in [5.74, 6) is -0.149. The van der Waals surface area contributed by atoms with E-state index in [0.717, 1.165) is 11.1 Å². The average molecular weight is 410 g/mol. The molecule has 0 radical (unpaired) electrons. The van der Waals surface area contributed by atoms with Gasteiger partial charge >= 0.3 is 0 Å². The Balaban J connectivity index is 1.66. The molecule has 1 unspecified atom stereocenters. The number of aromatic nitrogens is 4. The molecule has 0 aliphatic heterocycles. The Morgan fingerprint density at radius 1 is 1.14 bits per heavy atom. The number of aryl methyl sites for hydroxylation is 1. The van der Waals surface area contributed by atoms with Gasteiger partial charge in [0.05, 0.1) is 6.33 Å². The van der Waals surface area contributed by atoms with E-state index in [9.17, 15) is 4.79 Å². The maximum atomic E-state index is 13.2. The number of thioether (sulfide) groups is 1. The molecule has 0 bridgehead atoms. The Bertz CT molecular complexity index is 1130. The molecule has 1 amide bonds. The van der Waals surface area contributed by atoms with Crippen molar-refractivity contribution < 1.29 is 4.79 Å². The van der Waals surface area contributed by atoms with Gasteiger partial charge in [-0.1, -0.05) is 53.7 Å². The number of anilines is 1. The predicted molar refractivity (Wildman–Crippen MR) is 112 cm³/mol. The first-order valence-corrected chi connectivity index (χ1v) is 9.80. The first-order chi connectivity index (χ1) is 13.6.